The topological polar surface area (TPSA) is 49.3 Å². The number of hydrogen-bond acceptors (Lipinski definition) is 5. The van der Waals surface area contributed by atoms with Crippen molar-refractivity contribution in [3.8, 4) is 11.5 Å². The fraction of sp³-hybridized carbons (Fsp3) is 0.650. The third kappa shape index (κ3) is 4.21. The summed E-state index contributed by atoms with van der Waals surface area (Å²) in [5.74, 6) is 0.236. The molecule has 5 nitrogen and oxygen atoms in total. The molecule has 1 aromatic carbocycles. The van der Waals surface area contributed by atoms with Crippen LogP contribution >= 0.6 is 0 Å². The number of nitrogens with zero attached hydrogens (tertiary/aromatic N) is 1. The number of benzene rings is 1. The number of alkyl halides is 3. The lowest BCUT2D eigenvalue weighted by atomic mass is 9.93. The van der Waals surface area contributed by atoms with Crippen molar-refractivity contribution in [3.05, 3.63) is 23.8 Å². The quantitative estimate of drug-likeness (QED) is 0.700. The van der Waals surface area contributed by atoms with E-state index in [4.69, 9.17) is 19.0 Å². The zero-order valence-corrected chi connectivity index (χ0v) is 15.5. The van der Waals surface area contributed by atoms with Gasteiger partial charge in [0.05, 0.1) is 25.0 Å². The lowest BCUT2D eigenvalue weighted by molar-refractivity contribution is -0.0684. The van der Waals surface area contributed by atoms with E-state index in [1.807, 2.05) is 0 Å². The van der Waals surface area contributed by atoms with Crippen molar-refractivity contribution in [1.29, 1.82) is 0 Å². The third-order valence-corrected chi connectivity index (χ3v) is 5.47. The summed E-state index contributed by atoms with van der Waals surface area (Å²) in [4.78, 5) is 5.62. The Kier molecular flexibility index (Phi) is 5.66. The minimum absolute atomic E-state index is 0.0273. The van der Waals surface area contributed by atoms with E-state index in [0.29, 0.717) is 19.6 Å². The van der Waals surface area contributed by atoms with Crippen molar-refractivity contribution in [3.63, 3.8) is 0 Å². The van der Waals surface area contributed by atoms with Crippen molar-refractivity contribution in [2.45, 2.75) is 69.4 Å². The molecule has 8 heteroatoms. The molecule has 1 saturated carbocycles. The number of halogens is 3. The van der Waals surface area contributed by atoms with Gasteiger partial charge in [0.1, 0.15) is 0 Å². The van der Waals surface area contributed by atoms with Crippen LogP contribution in [0.4, 0.5) is 13.2 Å². The number of hydrogen-bond donors (Lipinski definition) is 0. The van der Waals surface area contributed by atoms with Gasteiger partial charge in [-0.15, -0.1) is 0 Å². The van der Waals surface area contributed by atoms with Crippen molar-refractivity contribution in [2.75, 3.05) is 13.2 Å². The summed E-state index contributed by atoms with van der Waals surface area (Å²) in [7, 11) is 0. The fourth-order valence-electron chi connectivity index (χ4n) is 3.89. The minimum Gasteiger partial charge on any atom is -0.487 e. The van der Waals surface area contributed by atoms with Gasteiger partial charge < -0.3 is 19.0 Å². The Morgan fingerprint density at radius 3 is 2.64 bits per heavy atom. The molecule has 2 heterocycles. The molecule has 0 bridgehead atoms. The molecule has 0 N–H and O–H groups in total. The maximum atomic E-state index is 13.5. The second kappa shape index (κ2) is 8.19. The molecule has 1 aliphatic carbocycles. The predicted molar refractivity (Wildman–Crippen MR) is 95.9 cm³/mol. The minimum atomic E-state index is -3.22. The molecule has 0 amide bonds. The number of ether oxygens (including phenoxy) is 3. The molecular weight excluding hydrogens is 375 g/mol. The van der Waals surface area contributed by atoms with E-state index in [-0.39, 0.29) is 17.6 Å². The summed E-state index contributed by atoms with van der Waals surface area (Å²) in [6.07, 6.45) is 0.404. The third-order valence-electron chi connectivity index (χ3n) is 5.47. The smallest absolute Gasteiger partial charge is 0.304 e. The molecule has 3 aliphatic rings. The molecule has 4 rings (SSSR count). The van der Waals surface area contributed by atoms with Crippen LogP contribution in [0.15, 0.2) is 23.4 Å². The summed E-state index contributed by atoms with van der Waals surface area (Å²) in [5.41, 5.74) is 1.06. The van der Waals surface area contributed by atoms with Gasteiger partial charge >= 0.3 is 6.43 Å². The first kappa shape index (κ1) is 19.4. The largest absolute Gasteiger partial charge is 0.487 e. The van der Waals surface area contributed by atoms with Gasteiger partial charge in [0.15, 0.2) is 17.1 Å². The van der Waals surface area contributed by atoms with Crippen molar-refractivity contribution < 1.29 is 32.2 Å². The Balaban J connectivity index is 1.55. The van der Waals surface area contributed by atoms with Gasteiger partial charge in [-0.2, -0.15) is 4.39 Å². The first-order valence-corrected chi connectivity index (χ1v) is 9.77. The van der Waals surface area contributed by atoms with Gasteiger partial charge in [0.25, 0.3) is 6.36 Å². The predicted octanol–water partition coefficient (Wildman–Crippen LogP) is 4.62. The zero-order chi connectivity index (χ0) is 19.6. The van der Waals surface area contributed by atoms with E-state index in [0.717, 1.165) is 49.8 Å². The SMILES string of the molecule is FC(F)C(F)Oc1ccc(C2=NOC3(CCOC3)C2)cc1OC1CCCCC1. The van der Waals surface area contributed by atoms with Crippen LogP contribution in [0, 0.1) is 0 Å². The summed E-state index contributed by atoms with van der Waals surface area (Å²) >= 11 is 0. The normalized spacial score (nSPS) is 26.4. The summed E-state index contributed by atoms with van der Waals surface area (Å²) in [5, 5.41) is 4.19. The standard InChI is InChI=1S/C20H24F3NO4/c21-18(22)19(23)27-16-7-6-13(10-17(16)26-14-4-2-1-3-5-14)15-11-20(28-24-15)8-9-25-12-20/h6-7,10,14,18-19H,1-5,8-9,11-12H2. The van der Waals surface area contributed by atoms with Crippen molar-refractivity contribution >= 4 is 5.71 Å². The van der Waals surface area contributed by atoms with Gasteiger partial charge in [-0.05, 0) is 43.9 Å². The molecular formula is C20H24F3NO4. The Morgan fingerprint density at radius 1 is 1.11 bits per heavy atom. The first-order valence-electron chi connectivity index (χ1n) is 9.77. The highest BCUT2D eigenvalue weighted by atomic mass is 19.3. The van der Waals surface area contributed by atoms with Gasteiger partial charge in [-0.25, -0.2) is 8.78 Å². The van der Waals surface area contributed by atoms with E-state index in [9.17, 15) is 13.2 Å². The Labute approximate surface area is 161 Å². The van der Waals surface area contributed by atoms with Crippen molar-refractivity contribution in [2.24, 2.45) is 5.16 Å². The summed E-state index contributed by atoms with van der Waals surface area (Å²) < 4.78 is 55.0. The van der Waals surface area contributed by atoms with Crippen LogP contribution in [0.5, 0.6) is 11.5 Å². The maximum absolute atomic E-state index is 13.5. The highest BCUT2D eigenvalue weighted by molar-refractivity contribution is 6.02. The molecule has 1 spiro atoms. The van der Waals surface area contributed by atoms with Crippen LogP contribution in [-0.4, -0.2) is 43.4 Å². The lowest BCUT2D eigenvalue weighted by Gasteiger charge is -2.25. The van der Waals surface area contributed by atoms with Gasteiger partial charge in [0, 0.05) is 18.4 Å². The van der Waals surface area contributed by atoms with Crippen LogP contribution in [-0.2, 0) is 9.57 Å². The molecule has 2 unspecified atom stereocenters. The second-order valence-electron chi connectivity index (χ2n) is 7.63. The first-order chi connectivity index (χ1) is 13.5. The number of rotatable bonds is 6. The average Bonchev–Trinajstić information content (AvgIpc) is 3.34. The molecule has 2 atom stereocenters. The van der Waals surface area contributed by atoms with E-state index in [2.05, 4.69) is 5.16 Å². The van der Waals surface area contributed by atoms with E-state index < -0.39 is 18.4 Å². The molecule has 1 saturated heterocycles. The van der Waals surface area contributed by atoms with Gasteiger partial charge in [-0.1, -0.05) is 11.6 Å². The monoisotopic (exact) mass is 399 g/mol. The van der Waals surface area contributed by atoms with Gasteiger partial charge in [-0.3, -0.25) is 0 Å². The van der Waals surface area contributed by atoms with Crippen LogP contribution in [0.3, 0.4) is 0 Å². The molecule has 2 fully saturated rings. The van der Waals surface area contributed by atoms with Crippen molar-refractivity contribution in [1.82, 2.24) is 0 Å². The molecule has 2 aliphatic heterocycles. The Bertz CT molecular complexity index is 715. The highest BCUT2D eigenvalue weighted by Gasteiger charge is 2.43. The van der Waals surface area contributed by atoms with Crippen LogP contribution in [0.2, 0.25) is 0 Å². The molecule has 1 aromatic rings. The Hall–Kier alpha value is -1.96. The van der Waals surface area contributed by atoms with Crippen LogP contribution in [0.1, 0.15) is 50.5 Å². The van der Waals surface area contributed by atoms with Gasteiger partial charge in [0.2, 0.25) is 0 Å². The molecule has 154 valence electrons. The van der Waals surface area contributed by atoms with E-state index in [1.54, 1.807) is 12.1 Å². The highest BCUT2D eigenvalue weighted by Crippen LogP contribution is 2.38. The zero-order valence-electron chi connectivity index (χ0n) is 15.5. The van der Waals surface area contributed by atoms with Crippen LogP contribution < -0.4 is 9.47 Å². The summed E-state index contributed by atoms with van der Waals surface area (Å²) in [6, 6.07) is 4.80. The molecule has 0 aromatic heterocycles. The lowest BCUT2D eigenvalue weighted by Crippen LogP contribution is -2.29. The van der Waals surface area contributed by atoms with Crippen LogP contribution in [0.25, 0.3) is 0 Å². The maximum Gasteiger partial charge on any atom is 0.304 e. The van der Waals surface area contributed by atoms with E-state index in [1.165, 1.54) is 6.07 Å². The average molecular weight is 399 g/mol. The second-order valence-corrected chi connectivity index (χ2v) is 7.63. The van der Waals surface area contributed by atoms with E-state index >= 15 is 0 Å². The Morgan fingerprint density at radius 2 is 1.93 bits per heavy atom. The molecule has 28 heavy (non-hydrogen) atoms. The summed E-state index contributed by atoms with van der Waals surface area (Å²) in [6.45, 7) is 1.13. The molecule has 0 radical (unpaired) electrons. The number of oxime groups is 1. The fourth-order valence-corrected chi connectivity index (χ4v) is 3.89.